The van der Waals surface area contributed by atoms with E-state index in [1.54, 1.807) is 6.07 Å². The largest absolute Gasteiger partial charge is 0.507 e. The molecule has 5 rings (SSSR count). The number of nitrogens with one attached hydrogen (secondary N) is 2. The highest BCUT2D eigenvalue weighted by Crippen LogP contribution is 2.32. The number of hydrogen-bond acceptors (Lipinski definition) is 9. The zero-order valence-electron chi connectivity index (χ0n) is 20.2. The summed E-state index contributed by atoms with van der Waals surface area (Å²) in [5, 5.41) is 23.8. The van der Waals surface area contributed by atoms with Crippen LogP contribution in [0.5, 0.6) is 5.75 Å². The number of aromatic hydroxyl groups is 1. The zero-order chi connectivity index (χ0) is 25.9. The molecule has 0 aliphatic carbocycles. The van der Waals surface area contributed by atoms with Gasteiger partial charge in [-0.15, -0.1) is 10.2 Å². The van der Waals surface area contributed by atoms with Crippen molar-refractivity contribution in [3.8, 4) is 17.0 Å². The Morgan fingerprint density at radius 2 is 1.89 bits per heavy atom. The van der Waals surface area contributed by atoms with E-state index in [-0.39, 0.29) is 28.9 Å². The molecule has 10 nitrogen and oxygen atoms in total. The van der Waals surface area contributed by atoms with Crippen LogP contribution in [0.4, 0.5) is 21.6 Å². The van der Waals surface area contributed by atoms with Crippen LogP contribution in [-0.2, 0) is 16.1 Å². The maximum atomic E-state index is 13.7. The fourth-order valence-corrected chi connectivity index (χ4v) is 4.69. The summed E-state index contributed by atoms with van der Waals surface area (Å²) in [7, 11) is 0. The number of phenolic OH excluding ortho intramolecular Hbond substituents is 1. The summed E-state index contributed by atoms with van der Waals surface area (Å²) in [6.45, 7) is 3.72. The molecule has 1 aromatic heterocycles. The van der Waals surface area contributed by atoms with E-state index in [4.69, 9.17) is 5.73 Å². The topological polar surface area (TPSA) is 137 Å². The molecule has 5 N–H and O–H groups in total. The lowest BCUT2D eigenvalue weighted by Crippen LogP contribution is -2.47. The number of carbonyl (C=O) groups is 2. The summed E-state index contributed by atoms with van der Waals surface area (Å²) in [5.74, 6) is -0.800. The molecule has 3 aromatic rings. The number of imide groups is 1. The Kier molecular flexibility index (Phi) is 6.87. The molecular weight excluding hydrogens is 477 g/mol. The second-order valence-corrected chi connectivity index (χ2v) is 9.27. The number of nitrogens with two attached hydrogens (primary N) is 1. The Bertz CT molecular complexity index is 1330. The molecule has 0 bridgehead atoms. The first-order valence-electron chi connectivity index (χ1n) is 12.1. The molecule has 2 amide bonds. The molecule has 0 radical (unpaired) electrons. The second kappa shape index (κ2) is 10.4. The number of benzene rings is 2. The number of nitrogen functional groups attached to an aromatic ring is 1. The van der Waals surface area contributed by atoms with Gasteiger partial charge in [-0.05, 0) is 48.4 Å². The van der Waals surface area contributed by atoms with Gasteiger partial charge in [-0.25, -0.2) is 4.39 Å². The van der Waals surface area contributed by atoms with Crippen molar-refractivity contribution in [1.29, 1.82) is 0 Å². The van der Waals surface area contributed by atoms with Gasteiger partial charge in [0.2, 0.25) is 11.8 Å². The minimum Gasteiger partial charge on any atom is -0.507 e. The molecule has 1 unspecified atom stereocenters. The van der Waals surface area contributed by atoms with Gasteiger partial charge in [0.05, 0.1) is 11.4 Å². The van der Waals surface area contributed by atoms with Crippen LogP contribution in [0.25, 0.3) is 11.3 Å². The van der Waals surface area contributed by atoms with Gasteiger partial charge < -0.3 is 21.1 Å². The molecule has 2 aliphatic rings. The number of aromatic nitrogens is 2. The van der Waals surface area contributed by atoms with Gasteiger partial charge in [-0.3, -0.25) is 19.8 Å². The van der Waals surface area contributed by atoms with Crippen LogP contribution >= 0.6 is 0 Å². The minimum atomic E-state index is -0.474. The van der Waals surface area contributed by atoms with Gasteiger partial charge in [-0.1, -0.05) is 12.1 Å². The fourth-order valence-electron chi connectivity index (χ4n) is 4.69. The molecule has 192 valence electrons. The van der Waals surface area contributed by atoms with Gasteiger partial charge in [0.1, 0.15) is 17.6 Å². The van der Waals surface area contributed by atoms with Crippen LogP contribution in [0.2, 0.25) is 0 Å². The maximum Gasteiger partial charge on any atom is 0.249 e. The number of amides is 2. The number of piperazine rings is 1. The van der Waals surface area contributed by atoms with E-state index in [2.05, 4.69) is 30.6 Å². The van der Waals surface area contributed by atoms with Crippen molar-refractivity contribution in [2.75, 3.05) is 42.1 Å². The molecule has 0 spiro atoms. The quantitative estimate of drug-likeness (QED) is 0.371. The third-order valence-electron chi connectivity index (χ3n) is 6.66. The number of rotatable bonds is 6. The Labute approximate surface area is 213 Å². The molecule has 2 fully saturated rings. The average Bonchev–Trinajstić information content (AvgIpc) is 2.88. The highest BCUT2D eigenvalue weighted by molar-refractivity contribution is 6.01. The predicted molar refractivity (Wildman–Crippen MR) is 137 cm³/mol. The van der Waals surface area contributed by atoms with Crippen LogP contribution in [0.1, 0.15) is 18.4 Å². The van der Waals surface area contributed by atoms with Crippen molar-refractivity contribution in [1.82, 2.24) is 20.4 Å². The molecule has 2 saturated heterocycles. The lowest BCUT2D eigenvalue weighted by Gasteiger charge is -2.36. The number of carbonyl (C=O) groups excluding carboxylic acids is 2. The monoisotopic (exact) mass is 505 g/mol. The van der Waals surface area contributed by atoms with Crippen LogP contribution in [-0.4, -0.2) is 64.2 Å². The van der Waals surface area contributed by atoms with E-state index < -0.39 is 11.9 Å². The number of halogens is 1. The lowest BCUT2D eigenvalue weighted by molar-refractivity contribution is -0.133. The second-order valence-electron chi connectivity index (χ2n) is 9.27. The van der Waals surface area contributed by atoms with E-state index in [1.807, 2.05) is 24.3 Å². The number of nitrogens with zero attached hydrogens (tertiary/aromatic N) is 4. The highest BCUT2D eigenvalue weighted by Gasteiger charge is 2.26. The molecule has 2 aliphatic heterocycles. The molecule has 11 heteroatoms. The van der Waals surface area contributed by atoms with Crippen molar-refractivity contribution >= 4 is 29.0 Å². The highest BCUT2D eigenvalue weighted by atomic mass is 19.1. The normalized spacial score (nSPS) is 18.5. The van der Waals surface area contributed by atoms with E-state index in [0.29, 0.717) is 37.3 Å². The van der Waals surface area contributed by atoms with Crippen molar-refractivity contribution < 1.29 is 19.1 Å². The van der Waals surface area contributed by atoms with Crippen molar-refractivity contribution in [2.24, 2.45) is 0 Å². The van der Waals surface area contributed by atoms with Crippen molar-refractivity contribution in [2.45, 2.75) is 25.4 Å². The van der Waals surface area contributed by atoms with Crippen LogP contribution < -0.4 is 21.3 Å². The first-order chi connectivity index (χ1) is 17.9. The Balaban J connectivity index is 1.21. The van der Waals surface area contributed by atoms with Crippen LogP contribution in [0.3, 0.4) is 0 Å². The van der Waals surface area contributed by atoms with Gasteiger partial charge in [0.25, 0.3) is 0 Å². The average molecular weight is 506 g/mol. The number of phenols is 1. The van der Waals surface area contributed by atoms with E-state index >= 15 is 0 Å². The third-order valence-corrected chi connectivity index (χ3v) is 6.66. The standard InChI is InChI=1S/C26H28FN7O3/c27-17-4-6-23(35)19(13-17)21-14-22(25(28)32-31-21)34-10-8-33(9-11-34)15-16-2-1-3-18(12-16)29-20-5-7-24(36)30-26(20)37/h1-4,6,12-14,20,29,35H,5,7-11,15H2,(H2,28,32)(H,30,36,37). The summed E-state index contributed by atoms with van der Waals surface area (Å²) in [6, 6.07) is 12.9. The van der Waals surface area contributed by atoms with E-state index in [0.717, 1.165) is 30.9 Å². The summed E-state index contributed by atoms with van der Waals surface area (Å²) in [4.78, 5) is 27.9. The van der Waals surface area contributed by atoms with Crippen LogP contribution in [0.15, 0.2) is 48.5 Å². The number of anilines is 3. The van der Waals surface area contributed by atoms with Crippen LogP contribution in [0, 0.1) is 5.82 Å². The van der Waals surface area contributed by atoms with Crippen molar-refractivity contribution in [3.63, 3.8) is 0 Å². The summed E-state index contributed by atoms with van der Waals surface area (Å²) in [6.07, 6.45) is 0.806. The van der Waals surface area contributed by atoms with E-state index in [9.17, 15) is 19.1 Å². The number of hydrogen-bond donors (Lipinski definition) is 4. The Morgan fingerprint density at radius 3 is 2.68 bits per heavy atom. The SMILES string of the molecule is Nc1nnc(-c2cc(F)ccc2O)cc1N1CCN(Cc2cccc(NC3CCC(=O)NC3=O)c2)CC1. The summed E-state index contributed by atoms with van der Waals surface area (Å²) in [5.41, 5.74) is 9.38. The third kappa shape index (κ3) is 5.61. The molecule has 1 atom stereocenters. The van der Waals surface area contributed by atoms with Crippen molar-refractivity contribution in [3.05, 3.63) is 59.9 Å². The van der Waals surface area contributed by atoms with E-state index in [1.165, 1.54) is 18.2 Å². The predicted octanol–water partition coefficient (Wildman–Crippen LogP) is 2.11. The van der Waals surface area contributed by atoms with Gasteiger partial charge >= 0.3 is 0 Å². The number of piperidine rings is 1. The molecule has 2 aromatic carbocycles. The van der Waals surface area contributed by atoms with Gasteiger partial charge in [0.15, 0.2) is 5.82 Å². The maximum absolute atomic E-state index is 13.7. The summed E-state index contributed by atoms with van der Waals surface area (Å²) >= 11 is 0. The lowest BCUT2D eigenvalue weighted by atomic mass is 10.1. The molecule has 3 heterocycles. The fraction of sp³-hybridized carbons (Fsp3) is 0.308. The Morgan fingerprint density at radius 1 is 1.08 bits per heavy atom. The van der Waals surface area contributed by atoms with Gasteiger partial charge in [-0.2, -0.15) is 0 Å². The minimum absolute atomic E-state index is 0.0782. The smallest absolute Gasteiger partial charge is 0.249 e. The molecule has 37 heavy (non-hydrogen) atoms. The first-order valence-corrected chi connectivity index (χ1v) is 12.1. The summed E-state index contributed by atoms with van der Waals surface area (Å²) < 4.78 is 13.7. The zero-order valence-corrected chi connectivity index (χ0v) is 20.2. The Hall–Kier alpha value is -4.25. The molecule has 0 saturated carbocycles. The van der Waals surface area contributed by atoms with Gasteiger partial charge in [0, 0.05) is 50.4 Å². The molecular formula is C26H28FN7O3. The first kappa shape index (κ1) is 24.4.